The molecule has 0 aromatic rings. The van der Waals surface area contributed by atoms with Gasteiger partial charge in [-0.3, -0.25) is 37.3 Å². The highest BCUT2D eigenvalue weighted by molar-refractivity contribution is 7.47. The lowest BCUT2D eigenvalue weighted by atomic mass is 10.1. The van der Waals surface area contributed by atoms with E-state index >= 15 is 0 Å². The van der Waals surface area contributed by atoms with Crippen LogP contribution >= 0.6 is 15.6 Å². The minimum absolute atomic E-state index is 0.0642. The minimum atomic E-state index is -5.02. The van der Waals surface area contributed by atoms with Gasteiger partial charge < -0.3 is 33.8 Å². The molecule has 17 nitrogen and oxygen atoms in total. The molecule has 0 saturated heterocycles. The average Bonchev–Trinajstić information content (AvgIpc) is 0.907. The molecular formula is C93H148O17P2. The fourth-order valence-corrected chi connectivity index (χ4v) is 12.1. The third kappa shape index (κ3) is 81.6. The largest absolute Gasteiger partial charge is 0.472 e. The highest BCUT2D eigenvalue weighted by atomic mass is 31.2. The van der Waals surface area contributed by atoms with E-state index in [2.05, 4.69) is 210 Å². The monoisotopic (exact) mass is 1600 g/mol. The molecule has 5 unspecified atom stereocenters. The number of aliphatic hydroxyl groups excluding tert-OH is 1. The van der Waals surface area contributed by atoms with E-state index in [-0.39, 0.29) is 25.7 Å². The lowest BCUT2D eigenvalue weighted by Crippen LogP contribution is -2.30. The summed E-state index contributed by atoms with van der Waals surface area (Å²) < 4.78 is 68.7. The quantitative estimate of drug-likeness (QED) is 0.0169. The van der Waals surface area contributed by atoms with Gasteiger partial charge in [0.05, 0.1) is 32.8 Å². The third-order valence-electron chi connectivity index (χ3n) is 16.8. The summed E-state index contributed by atoms with van der Waals surface area (Å²) in [5.41, 5.74) is 0. The van der Waals surface area contributed by atoms with Crippen molar-refractivity contribution in [3.8, 4) is 0 Å². The summed E-state index contributed by atoms with van der Waals surface area (Å²) in [6.07, 6.45) is 104. The van der Waals surface area contributed by atoms with Crippen molar-refractivity contribution in [3.63, 3.8) is 0 Å². The fraction of sp³-hybridized carbons (Fsp3) is 0.591. The molecule has 5 atom stereocenters. The predicted molar refractivity (Wildman–Crippen MR) is 463 cm³/mol. The molecule has 0 aliphatic heterocycles. The van der Waals surface area contributed by atoms with Gasteiger partial charge in [-0.25, -0.2) is 9.13 Å². The Bertz CT molecular complexity index is 2940. The van der Waals surface area contributed by atoms with E-state index in [0.717, 1.165) is 218 Å². The standard InChI is InChI=1S/C93H148O17P2/c1-5-9-13-17-21-25-29-33-37-40-43-46-50-53-57-61-65-69-73-77-90(95)103-83-88(109-92(97)79-75-71-67-63-59-55-49-36-32-28-24-20-16-12-8-4)85-107-111(99,100)105-81-87(94)82-106-112(101,102)108-86-89(110-93(98)80-76-72-68-64-60-56-52-48-45-42-39-35-31-27-23-19-15-11-7-3)84-104-91(96)78-74-70-66-62-58-54-51-47-44-41-38-34-30-26-22-18-14-10-6-2/h9-16,21-28,33-39,43-49,59,63,71,75,87-89,94H,5-8,17-20,29-32,40-42,50-58,60-62,64-70,72-74,76-86H2,1-4H3,(H,99,100)(H,101,102)/b13-9-,14-10-,15-11-,16-12-,25-21-,26-22-,27-23-,28-24-,37-33-,38-34-,39-35-,46-43-,47-44-,48-45-,49-36-,63-59-,75-71-. The van der Waals surface area contributed by atoms with E-state index in [0.29, 0.717) is 25.7 Å². The molecule has 0 aliphatic rings. The van der Waals surface area contributed by atoms with E-state index in [4.69, 9.17) is 37.0 Å². The van der Waals surface area contributed by atoms with Crippen molar-refractivity contribution in [1.29, 1.82) is 0 Å². The number of rotatable bonds is 77. The van der Waals surface area contributed by atoms with E-state index < -0.39 is 97.5 Å². The highest BCUT2D eigenvalue weighted by Crippen LogP contribution is 2.45. The Morgan fingerprint density at radius 2 is 0.473 bits per heavy atom. The second-order valence-corrected chi connectivity index (χ2v) is 30.2. The molecule has 0 aliphatic carbocycles. The number of hydrogen-bond donors (Lipinski definition) is 3. The van der Waals surface area contributed by atoms with Gasteiger partial charge in [0.25, 0.3) is 0 Å². The first-order valence-electron chi connectivity index (χ1n) is 42.3. The molecule has 0 fully saturated rings. The maximum Gasteiger partial charge on any atom is 0.472 e. The van der Waals surface area contributed by atoms with Crippen LogP contribution < -0.4 is 0 Å². The van der Waals surface area contributed by atoms with Crippen LogP contribution in [0.5, 0.6) is 0 Å². The summed E-state index contributed by atoms with van der Waals surface area (Å²) in [6, 6.07) is 0. The first-order chi connectivity index (χ1) is 54.7. The molecule has 0 aromatic heterocycles. The Morgan fingerprint density at radius 1 is 0.259 bits per heavy atom. The number of ether oxygens (including phenoxy) is 4. The van der Waals surface area contributed by atoms with Gasteiger partial charge in [-0.1, -0.05) is 311 Å². The molecule has 0 amide bonds. The molecule has 0 bridgehead atoms. The molecule has 0 radical (unpaired) electrons. The van der Waals surface area contributed by atoms with Gasteiger partial charge >= 0.3 is 39.5 Å². The molecule has 3 N–H and O–H groups in total. The zero-order chi connectivity index (χ0) is 81.7. The maximum absolute atomic E-state index is 13.2. The van der Waals surface area contributed by atoms with Gasteiger partial charge in [-0.15, -0.1) is 0 Å². The second-order valence-electron chi connectivity index (χ2n) is 27.3. The van der Waals surface area contributed by atoms with E-state index in [1.54, 1.807) is 12.2 Å². The van der Waals surface area contributed by atoms with E-state index in [1.165, 1.54) is 0 Å². The first-order valence-corrected chi connectivity index (χ1v) is 45.3. The molecule has 0 heterocycles. The number of carbonyl (C=O) groups excluding carboxylic acids is 4. The van der Waals surface area contributed by atoms with Gasteiger partial charge in [-0.05, 0) is 167 Å². The number of esters is 4. The lowest BCUT2D eigenvalue weighted by molar-refractivity contribution is -0.161. The van der Waals surface area contributed by atoms with E-state index in [1.807, 2.05) is 12.2 Å². The molecule has 0 rings (SSSR count). The fourth-order valence-electron chi connectivity index (χ4n) is 10.5. The van der Waals surface area contributed by atoms with Crippen molar-refractivity contribution < 1.29 is 80.2 Å². The maximum atomic E-state index is 13.2. The summed E-state index contributed by atoms with van der Waals surface area (Å²) in [7, 11) is -10.0. The Morgan fingerprint density at radius 3 is 0.750 bits per heavy atom. The van der Waals surface area contributed by atoms with Crippen molar-refractivity contribution in [3.05, 3.63) is 207 Å². The van der Waals surface area contributed by atoms with Crippen LogP contribution in [0.2, 0.25) is 0 Å². The van der Waals surface area contributed by atoms with Crippen molar-refractivity contribution in [2.45, 2.75) is 316 Å². The van der Waals surface area contributed by atoms with Crippen LogP contribution in [0, 0.1) is 0 Å². The average molecular weight is 1600 g/mol. The second kappa shape index (κ2) is 82.6. The van der Waals surface area contributed by atoms with Gasteiger partial charge in [0, 0.05) is 19.3 Å². The summed E-state index contributed by atoms with van der Waals surface area (Å²) in [5.74, 6) is -2.39. The summed E-state index contributed by atoms with van der Waals surface area (Å²) in [6.45, 7) is 4.25. The number of carbonyl (C=O) groups is 4. The number of phosphoric acid groups is 2. The Labute approximate surface area is 678 Å². The SMILES string of the molecule is CC/C=C\C/C=C\C/C=C\C/C=C\C/C=C\CC(=O)OC(COC(=O)CCCCCCCC/C=C\C/C=C\C/C=C\C/C=C\CC)COP(=O)(O)OCC(O)COP(=O)(O)OCC(COC(=O)CCCCCCCC/C=C\C/C=C\C/C=C\C/C=C\CC)OC(=O)CCCCCCCC/C=C\C/C=C\C/C=C\C/C=C\CC. The predicted octanol–water partition coefficient (Wildman–Crippen LogP) is 25.4. The van der Waals surface area contributed by atoms with Crippen LogP contribution in [-0.4, -0.2) is 96.7 Å². The zero-order valence-corrected chi connectivity index (χ0v) is 71.0. The molecular weight excluding hydrogens is 1450 g/mol. The van der Waals surface area contributed by atoms with Gasteiger partial charge in [0.15, 0.2) is 12.2 Å². The Balaban J connectivity index is 5.50. The number of phosphoric ester groups is 2. The zero-order valence-electron chi connectivity index (χ0n) is 69.3. The molecule has 0 spiro atoms. The first kappa shape index (κ1) is 106. The van der Waals surface area contributed by atoms with Crippen LogP contribution in [0.4, 0.5) is 0 Å². The third-order valence-corrected chi connectivity index (χ3v) is 18.7. The van der Waals surface area contributed by atoms with Crippen molar-refractivity contribution in [2.75, 3.05) is 39.6 Å². The number of unbranched alkanes of at least 4 members (excludes halogenated alkanes) is 18. The molecule has 19 heteroatoms. The summed E-state index contributed by atoms with van der Waals surface area (Å²) in [4.78, 5) is 73.2. The number of hydrogen-bond acceptors (Lipinski definition) is 15. The Kier molecular flexibility index (Phi) is 77.9. The van der Waals surface area contributed by atoms with Crippen LogP contribution in [0.1, 0.15) is 297 Å². The van der Waals surface area contributed by atoms with Crippen molar-refractivity contribution >= 4 is 39.5 Å². The Hall–Kier alpha value is -6.36. The van der Waals surface area contributed by atoms with Crippen LogP contribution in [-0.2, 0) is 65.4 Å². The van der Waals surface area contributed by atoms with E-state index in [9.17, 15) is 43.2 Å². The molecule has 632 valence electrons. The number of allylic oxidation sites excluding steroid dienone is 33. The van der Waals surface area contributed by atoms with Crippen molar-refractivity contribution in [1.82, 2.24) is 0 Å². The van der Waals surface area contributed by atoms with Gasteiger partial charge in [-0.2, -0.15) is 0 Å². The van der Waals surface area contributed by atoms with Crippen LogP contribution in [0.3, 0.4) is 0 Å². The van der Waals surface area contributed by atoms with Gasteiger partial charge in [0.2, 0.25) is 0 Å². The molecule has 0 saturated carbocycles. The summed E-state index contributed by atoms with van der Waals surface area (Å²) >= 11 is 0. The minimum Gasteiger partial charge on any atom is -0.462 e. The lowest BCUT2D eigenvalue weighted by Gasteiger charge is -2.21. The van der Waals surface area contributed by atoms with Crippen LogP contribution in [0.15, 0.2) is 207 Å². The summed E-state index contributed by atoms with van der Waals surface area (Å²) in [5, 5.41) is 10.7. The molecule has 112 heavy (non-hydrogen) atoms. The number of aliphatic hydroxyl groups is 1. The molecule has 0 aromatic carbocycles. The van der Waals surface area contributed by atoms with Crippen LogP contribution in [0.25, 0.3) is 0 Å². The smallest absolute Gasteiger partial charge is 0.462 e. The highest BCUT2D eigenvalue weighted by Gasteiger charge is 2.30. The van der Waals surface area contributed by atoms with Crippen molar-refractivity contribution in [2.24, 2.45) is 0 Å². The normalized spacial score (nSPS) is 14.8. The topological polar surface area (TPSA) is 237 Å². The van der Waals surface area contributed by atoms with Gasteiger partial charge in [0.1, 0.15) is 19.3 Å².